The van der Waals surface area contributed by atoms with Crippen molar-refractivity contribution >= 4 is 16.9 Å². The number of unbranched alkanes of at least 4 members (excludes halogenated alkanes) is 1. The van der Waals surface area contributed by atoms with Gasteiger partial charge in [0.25, 0.3) is 5.91 Å². The van der Waals surface area contributed by atoms with Gasteiger partial charge in [0.1, 0.15) is 11.3 Å². The first-order chi connectivity index (χ1) is 11.7. The molecule has 1 heterocycles. The molecule has 0 aliphatic heterocycles. The standard InChI is InChI=1S/C18H23NO5/c1-2-3-10-22-11-4-9-19-17(20)13-23-15-7-5-14-6-8-18(21)24-16(14)12-15/h5-8,12H,2-4,9-11,13H2,1H3,(H,19,20). The molecule has 0 radical (unpaired) electrons. The van der Waals surface area contributed by atoms with Crippen LogP contribution in [0.2, 0.25) is 0 Å². The highest BCUT2D eigenvalue weighted by atomic mass is 16.5. The maximum Gasteiger partial charge on any atom is 0.336 e. The van der Waals surface area contributed by atoms with Gasteiger partial charge in [0.05, 0.1) is 0 Å². The molecule has 0 spiro atoms. The van der Waals surface area contributed by atoms with Gasteiger partial charge in [0, 0.05) is 37.3 Å². The van der Waals surface area contributed by atoms with Crippen LogP contribution in [0.25, 0.3) is 11.0 Å². The van der Waals surface area contributed by atoms with Gasteiger partial charge in [0.2, 0.25) is 0 Å². The third-order valence-corrected chi connectivity index (χ3v) is 3.39. The number of hydrogen-bond donors (Lipinski definition) is 1. The second kappa shape index (κ2) is 9.72. The molecule has 0 unspecified atom stereocenters. The predicted octanol–water partition coefficient (Wildman–Crippen LogP) is 2.49. The lowest BCUT2D eigenvalue weighted by atomic mass is 10.2. The van der Waals surface area contributed by atoms with E-state index in [0.717, 1.165) is 31.3 Å². The van der Waals surface area contributed by atoms with Crippen molar-refractivity contribution in [2.75, 3.05) is 26.4 Å². The maximum atomic E-state index is 11.7. The van der Waals surface area contributed by atoms with Crippen molar-refractivity contribution < 1.29 is 18.7 Å². The predicted molar refractivity (Wildman–Crippen MR) is 91.3 cm³/mol. The van der Waals surface area contributed by atoms with E-state index in [1.54, 1.807) is 24.3 Å². The first-order valence-corrected chi connectivity index (χ1v) is 8.20. The molecule has 2 rings (SSSR count). The van der Waals surface area contributed by atoms with Crippen LogP contribution in [-0.4, -0.2) is 32.3 Å². The Kier molecular flexibility index (Phi) is 7.29. The van der Waals surface area contributed by atoms with Crippen LogP contribution >= 0.6 is 0 Å². The quantitative estimate of drug-likeness (QED) is 0.534. The Morgan fingerprint density at radius 1 is 1.17 bits per heavy atom. The molecule has 1 amide bonds. The minimum atomic E-state index is -0.418. The molecule has 0 saturated carbocycles. The smallest absolute Gasteiger partial charge is 0.336 e. The molecule has 0 bridgehead atoms. The summed E-state index contributed by atoms with van der Waals surface area (Å²) in [6.45, 7) is 4.00. The van der Waals surface area contributed by atoms with Crippen molar-refractivity contribution in [2.24, 2.45) is 0 Å². The van der Waals surface area contributed by atoms with Crippen LogP contribution in [0, 0.1) is 0 Å². The minimum absolute atomic E-state index is 0.0841. The Bertz CT molecular complexity index is 710. The number of benzene rings is 1. The van der Waals surface area contributed by atoms with E-state index in [4.69, 9.17) is 13.9 Å². The molecule has 0 saturated heterocycles. The second-order valence-corrected chi connectivity index (χ2v) is 5.41. The van der Waals surface area contributed by atoms with Gasteiger partial charge < -0.3 is 19.2 Å². The summed E-state index contributed by atoms with van der Waals surface area (Å²) in [5.74, 6) is 0.285. The number of fused-ring (bicyclic) bond motifs is 1. The average Bonchev–Trinajstić information content (AvgIpc) is 2.58. The first-order valence-electron chi connectivity index (χ1n) is 8.20. The van der Waals surface area contributed by atoms with E-state index >= 15 is 0 Å². The van der Waals surface area contributed by atoms with Gasteiger partial charge >= 0.3 is 5.63 Å². The molecule has 130 valence electrons. The summed E-state index contributed by atoms with van der Waals surface area (Å²) in [7, 11) is 0. The van der Waals surface area contributed by atoms with Crippen LogP contribution in [0.4, 0.5) is 0 Å². The number of nitrogens with one attached hydrogen (secondary N) is 1. The zero-order valence-corrected chi connectivity index (χ0v) is 13.9. The van der Waals surface area contributed by atoms with Crippen molar-refractivity contribution in [2.45, 2.75) is 26.2 Å². The van der Waals surface area contributed by atoms with Crippen LogP contribution in [-0.2, 0) is 9.53 Å². The van der Waals surface area contributed by atoms with Crippen LogP contribution in [0.3, 0.4) is 0 Å². The fraction of sp³-hybridized carbons (Fsp3) is 0.444. The Balaban J connectivity index is 1.69. The molecular weight excluding hydrogens is 310 g/mol. The van der Waals surface area contributed by atoms with E-state index in [0.29, 0.717) is 24.5 Å². The van der Waals surface area contributed by atoms with E-state index < -0.39 is 5.63 Å². The largest absolute Gasteiger partial charge is 0.484 e. The van der Waals surface area contributed by atoms with Gasteiger partial charge in [-0.15, -0.1) is 0 Å². The number of ether oxygens (including phenoxy) is 2. The molecule has 0 aliphatic rings. The molecule has 0 atom stereocenters. The molecule has 2 aromatic rings. The highest BCUT2D eigenvalue weighted by Crippen LogP contribution is 2.19. The normalized spacial score (nSPS) is 10.7. The maximum absolute atomic E-state index is 11.7. The third kappa shape index (κ3) is 6.04. The van der Waals surface area contributed by atoms with Gasteiger partial charge in [-0.05, 0) is 31.0 Å². The number of carbonyl (C=O) groups excluding carboxylic acids is 1. The lowest BCUT2D eigenvalue weighted by molar-refractivity contribution is -0.123. The van der Waals surface area contributed by atoms with E-state index in [-0.39, 0.29) is 12.5 Å². The summed E-state index contributed by atoms with van der Waals surface area (Å²) in [5.41, 5.74) is 0.0168. The zero-order chi connectivity index (χ0) is 17.2. The van der Waals surface area contributed by atoms with E-state index in [1.165, 1.54) is 6.07 Å². The van der Waals surface area contributed by atoms with Crippen molar-refractivity contribution in [1.29, 1.82) is 0 Å². The van der Waals surface area contributed by atoms with Gasteiger partial charge in [-0.3, -0.25) is 4.79 Å². The molecule has 24 heavy (non-hydrogen) atoms. The molecule has 1 aromatic carbocycles. The average molecular weight is 333 g/mol. The monoisotopic (exact) mass is 333 g/mol. The Hall–Kier alpha value is -2.34. The van der Waals surface area contributed by atoms with Crippen LogP contribution in [0.1, 0.15) is 26.2 Å². The number of hydrogen-bond acceptors (Lipinski definition) is 5. The van der Waals surface area contributed by atoms with E-state index in [2.05, 4.69) is 12.2 Å². The molecule has 1 N–H and O–H groups in total. The Labute approximate surface area is 140 Å². The fourth-order valence-electron chi connectivity index (χ4n) is 2.08. The second-order valence-electron chi connectivity index (χ2n) is 5.41. The topological polar surface area (TPSA) is 77.8 Å². The number of rotatable bonds is 10. The summed E-state index contributed by atoms with van der Waals surface area (Å²) in [6.07, 6.45) is 2.95. The van der Waals surface area contributed by atoms with Gasteiger partial charge in [0.15, 0.2) is 6.61 Å². The SMILES string of the molecule is CCCCOCCCNC(=O)COc1ccc2ccc(=O)oc2c1. The summed E-state index contributed by atoms with van der Waals surface area (Å²) in [6, 6.07) is 8.16. The summed E-state index contributed by atoms with van der Waals surface area (Å²) < 4.78 is 15.9. The molecule has 0 aliphatic carbocycles. The van der Waals surface area contributed by atoms with Crippen LogP contribution in [0.5, 0.6) is 5.75 Å². The molecule has 6 nitrogen and oxygen atoms in total. The van der Waals surface area contributed by atoms with Crippen molar-refractivity contribution in [3.8, 4) is 5.75 Å². The first kappa shape index (κ1) is 18.0. The summed E-state index contributed by atoms with van der Waals surface area (Å²) in [5, 5.41) is 3.57. The van der Waals surface area contributed by atoms with Crippen molar-refractivity contribution in [3.05, 3.63) is 40.8 Å². The van der Waals surface area contributed by atoms with Crippen molar-refractivity contribution in [1.82, 2.24) is 5.32 Å². The minimum Gasteiger partial charge on any atom is -0.484 e. The van der Waals surface area contributed by atoms with Crippen LogP contribution in [0.15, 0.2) is 39.5 Å². The molecule has 1 aromatic heterocycles. The molecular formula is C18H23NO5. The van der Waals surface area contributed by atoms with Gasteiger partial charge in [-0.2, -0.15) is 0 Å². The lowest BCUT2D eigenvalue weighted by Gasteiger charge is -2.08. The number of amides is 1. The highest BCUT2D eigenvalue weighted by molar-refractivity contribution is 5.79. The van der Waals surface area contributed by atoms with Gasteiger partial charge in [-0.25, -0.2) is 4.79 Å². The molecule has 6 heteroatoms. The Morgan fingerprint density at radius 3 is 2.79 bits per heavy atom. The number of carbonyl (C=O) groups is 1. The van der Waals surface area contributed by atoms with E-state index in [9.17, 15) is 9.59 Å². The van der Waals surface area contributed by atoms with E-state index in [1.807, 2.05) is 0 Å². The molecule has 0 fully saturated rings. The zero-order valence-electron chi connectivity index (χ0n) is 13.9. The van der Waals surface area contributed by atoms with Gasteiger partial charge in [-0.1, -0.05) is 13.3 Å². The highest BCUT2D eigenvalue weighted by Gasteiger charge is 2.04. The summed E-state index contributed by atoms with van der Waals surface area (Å²) >= 11 is 0. The summed E-state index contributed by atoms with van der Waals surface area (Å²) in [4.78, 5) is 22.9. The Morgan fingerprint density at radius 2 is 1.96 bits per heavy atom. The lowest BCUT2D eigenvalue weighted by Crippen LogP contribution is -2.30. The fourth-order valence-corrected chi connectivity index (χ4v) is 2.08. The third-order valence-electron chi connectivity index (χ3n) is 3.39. The van der Waals surface area contributed by atoms with Crippen molar-refractivity contribution in [3.63, 3.8) is 0 Å². The van der Waals surface area contributed by atoms with Crippen LogP contribution < -0.4 is 15.7 Å².